The van der Waals surface area contributed by atoms with E-state index < -0.39 is 0 Å². The third-order valence-electron chi connectivity index (χ3n) is 3.72. The molecule has 84 valence electrons. The molecule has 1 aromatic carbocycles. The van der Waals surface area contributed by atoms with Crippen LogP contribution in [0.1, 0.15) is 24.0 Å². The lowest BCUT2D eigenvalue weighted by atomic mass is 9.72. The first-order chi connectivity index (χ1) is 7.71. The summed E-state index contributed by atoms with van der Waals surface area (Å²) < 4.78 is 5.23. The fourth-order valence-corrected chi connectivity index (χ4v) is 2.81. The molecule has 1 saturated heterocycles. The van der Waals surface area contributed by atoms with Crippen LogP contribution in [0.3, 0.4) is 0 Å². The van der Waals surface area contributed by atoms with Crippen LogP contribution in [0.25, 0.3) is 0 Å². The van der Waals surface area contributed by atoms with Gasteiger partial charge in [0.15, 0.2) is 0 Å². The van der Waals surface area contributed by atoms with Gasteiger partial charge in [0, 0.05) is 0 Å². The Morgan fingerprint density at radius 3 is 2.81 bits per heavy atom. The zero-order valence-electron chi connectivity index (χ0n) is 9.38. The van der Waals surface area contributed by atoms with Crippen LogP contribution in [0.15, 0.2) is 18.2 Å². The van der Waals surface area contributed by atoms with Crippen molar-refractivity contribution in [1.29, 1.82) is 0 Å². The molecular weight excluding hydrogens is 202 g/mol. The molecule has 1 aliphatic carbocycles. The minimum Gasteiger partial charge on any atom is -0.497 e. The summed E-state index contributed by atoms with van der Waals surface area (Å²) in [6, 6.07) is 6.25. The van der Waals surface area contributed by atoms with Crippen molar-refractivity contribution >= 4 is 5.91 Å². The number of methoxy groups -OCH3 is 1. The Morgan fingerprint density at radius 2 is 2.12 bits per heavy atom. The molecule has 1 unspecified atom stereocenters. The molecule has 16 heavy (non-hydrogen) atoms. The summed E-state index contributed by atoms with van der Waals surface area (Å²) in [6.07, 6.45) is 3.76. The molecule has 1 spiro atoms. The van der Waals surface area contributed by atoms with E-state index in [1.165, 1.54) is 11.1 Å². The number of fused-ring (bicyclic) bond motifs is 1. The van der Waals surface area contributed by atoms with Crippen LogP contribution in [-0.2, 0) is 17.6 Å². The Balaban J connectivity index is 1.90. The molecule has 1 N–H and O–H groups in total. The second kappa shape index (κ2) is 3.24. The number of ether oxygens (including phenoxy) is 1. The summed E-state index contributed by atoms with van der Waals surface area (Å²) >= 11 is 0. The predicted molar refractivity (Wildman–Crippen MR) is 60.5 cm³/mol. The predicted octanol–water partition coefficient (Wildman–Crippen LogP) is 1.44. The van der Waals surface area contributed by atoms with Gasteiger partial charge >= 0.3 is 0 Å². The molecule has 1 aromatic rings. The van der Waals surface area contributed by atoms with Crippen molar-refractivity contribution in [3.8, 4) is 5.75 Å². The Bertz CT molecular complexity index is 445. The number of rotatable bonds is 1. The summed E-state index contributed by atoms with van der Waals surface area (Å²) in [7, 11) is 1.69. The van der Waals surface area contributed by atoms with E-state index >= 15 is 0 Å². The van der Waals surface area contributed by atoms with Crippen LogP contribution in [0.5, 0.6) is 5.75 Å². The lowest BCUT2D eigenvalue weighted by Crippen LogP contribution is -2.63. The average Bonchev–Trinajstić information content (AvgIpc) is 2.26. The van der Waals surface area contributed by atoms with Crippen molar-refractivity contribution in [3.05, 3.63) is 29.3 Å². The van der Waals surface area contributed by atoms with Gasteiger partial charge in [0.2, 0.25) is 5.91 Å². The maximum absolute atomic E-state index is 11.1. The van der Waals surface area contributed by atoms with Crippen molar-refractivity contribution in [2.45, 2.75) is 31.2 Å². The standard InChI is InChI=1S/C13H15NO2/c1-16-11-3-2-9-4-5-13(7-10(9)6-11)8-12(15)14-13/h2-3,6H,4-5,7-8H2,1H3,(H,14,15). The van der Waals surface area contributed by atoms with Crippen molar-refractivity contribution in [3.63, 3.8) is 0 Å². The first-order valence-corrected chi connectivity index (χ1v) is 5.68. The Kier molecular flexibility index (Phi) is 1.96. The Hall–Kier alpha value is -1.51. The zero-order chi connectivity index (χ0) is 11.2. The van der Waals surface area contributed by atoms with Gasteiger partial charge in [0.25, 0.3) is 0 Å². The molecule has 1 atom stereocenters. The van der Waals surface area contributed by atoms with Gasteiger partial charge in [0.05, 0.1) is 19.1 Å². The van der Waals surface area contributed by atoms with Gasteiger partial charge in [-0.15, -0.1) is 0 Å². The highest BCUT2D eigenvalue weighted by molar-refractivity contribution is 5.85. The SMILES string of the molecule is COc1ccc2c(c1)CC1(CC2)CC(=O)N1. The molecule has 3 nitrogen and oxygen atoms in total. The van der Waals surface area contributed by atoms with Crippen LogP contribution >= 0.6 is 0 Å². The van der Waals surface area contributed by atoms with Gasteiger partial charge in [-0.2, -0.15) is 0 Å². The second-order valence-corrected chi connectivity index (χ2v) is 4.82. The number of carbonyl (C=O) groups excluding carboxylic acids is 1. The maximum Gasteiger partial charge on any atom is 0.222 e. The molecule has 3 heteroatoms. The van der Waals surface area contributed by atoms with Crippen molar-refractivity contribution in [1.82, 2.24) is 5.32 Å². The number of hydrogen-bond acceptors (Lipinski definition) is 2. The molecule has 1 fully saturated rings. The molecule has 0 aromatic heterocycles. The molecule has 0 radical (unpaired) electrons. The molecule has 1 heterocycles. The summed E-state index contributed by atoms with van der Waals surface area (Å²) in [4.78, 5) is 11.1. The van der Waals surface area contributed by atoms with E-state index in [4.69, 9.17) is 4.74 Å². The van der Waals surface area contributed by atoms with Crippen LogP contribution in [0, 0.1) is 0 Å². The highest BCUT2D eigenvalue weighted by Gasteiger charge is 2.44. The quantitative estimate of drug-likeness (QED) is 0.723. The molecular formula is C13H15NO2. The number of hydrogen-bond donors (Lipinski definition) is 1. The number of benzene rings is 1. The number of aryl methyl sites for hydroxylation is 1. The van der Waals surface area contributed by atoms with Gasteiger partial charge in [-0.25, -0.2) is 0 Å². The van der Waals surface area contributed by atoms with Gasteiger partial charge in [-0.1, -0.05) is 6.07 Å². The lowest BCUT2D eigenvalue weighted by Gasteiger charge is -2.45. The number of amides is 1. The minimum absolute atomic E-state index is 0.0520. The minimum atomic E-state index is 0.0520. The molecule has 0 saturated carbocycles. The monoisotopic (exact) mass is 217 g/mol. The van der Waals surface area contributed by atoms with Gasteiger partial charge in [0.1, 0.15) is 5.75 Å². The largest absolute Gasteiger partial charge is 0.497 e. The highest BCUT2D eigenvalue weighted by Crippen LogP contribution is 2.36. The summed E-state index contributed by atoms with van der Waals surface area (Å²) in [5.41, 5.74) is 2.77. The first-order valence-electron chi connectivity index (χ1n) is 5.68. The van der Waals surface area contributed by atoms with E-state index in [9.17, 15) is 4.79 Å². The van der Waals surface area contributed by atoms with E-state index in [0.717, 1.165) is 25.0 Å². The van der Waals surface area contributed by atoms with E-state index in [-0.39, 0.29) is 11.4 Å². The molecule has 0 bridgehead atoms. The second-order valence-electron chi connectivity index (χ2n) is 4.82. The van der Waals surface area contributed by atoms with Crippen molar-refractivity contribution < 1.29 is 9.53 Å². The topological polar surface area (TPSA) is 38.3 Å². The van der Waals surface area contributed by atoms with E-state index in [1.54, 1.807) is 7.11 Å². The summed E-state index contributed by atoms with van der Waals surface area (Å²) in [5, 5.41) is 3.06. The van der Waals surface area contributed by atoms with Crippen molar-refractivity contribution in [2.24, 2.45) is 0 Å². The fourth-order valence-electron chi connectivity index (χ4n) is 2.81. The third kappa shape index (κ3) is 1.39. The Labute approximate surface area is 94.8 Å². The smallest absolute Gasteiger partial charge is 0.222 e. The summed E-state index contributed by atoms with van der Waals surface area (Å²) in [5.74, 6) is 1.09. The molecule has 3 rings (SSSR count). The molecule has 2 aliphatic rings. The van der Waals surface area contributed by atoms with Crippen molar-refractivity contribution in [2.75, 3.05) is 7.11 Å². The lowest BCUT2D eigenvalue weighted by molar-refractivity contribution is -0.133. The molecule has 1 amide bonds. The van der Waals surface area contributed by atoms with E-state index in [1.807, 2.05) is 6.07 Å². The van der Waals surface area contributed by atoms with Gasteiger partial charge in [-0.3, -0.25) is 4.79 Å². The van der Waals surface area contributed by atoms with Crippen LogP contribution < -0.4 is 10.1 Å². The fraction of sp³-hybridized carbons (Fsp3) is 0.462. The third-order valence-corrected chi connectivity index (χ3v) is 3.72. The normalized spacial score (nSPS) is 26.9. The van der Waals surface area contributed by atoms with E-state index in [2.05, 4.69) is 17.4 Å². The van der Waals surface area contributed by atoms with Crippen LogP contribution in [0.2, 0.25) is 0 Å². The average molecular weight is 217 g/mol. The number of β-lactam (4-membered cyclic amide) rings is 1. The van der Waals surface area contributed by atoms with Gasteiger partial charge < -0.3 is 10.1 Å². The maximum atomic E-state index is 11.1. The van der Waals surface area contributed by atoms with Gasteiger partial charge in [-0.05, 0) is 42.5 Å². The van der Waals surface area contributed by atoms with Crippen LogP contribution in [0.4, 0.5) is 0 Å². The van der Waals surface area contributed by atoms with E-state index in [0.29, 0.717) is 6.42 Å². The van der Waals surface area contributed by atoms with Crippen LogP contribution in [-0.4, -0.2) is 18.6 Å². The summed E-state index contributed by atoms with van der Waals surface area (Å²) in [6.45, 7) is 0. The number of nitrogens with one attached hydrogen (secondary N) is 1. The Morgan fingerprint density at radius 1 is 1.31 bits per heavy atom. The first kappa shape index (κ1) is 9.70. The zero-order valence-corrected chi connectivity index (χ0v) is 9.38. The highest BCUT2D eigenvalue weighted by atomic mass is 16.5. The number of carbonyl (C=O) groups is 1. The molecule has 1 aliphatic heterocycles.